The third-order valence-electron chi connectivity index (χ3n) is 4.05. The predicted molar refractivity (Wildman–Crippen MR) is 80.9 cm³/mol. The molecule has 1 atom stereocenters. The van der Waals surface area contributed by atoms with Gasteiger partial charge in [0.2, 0.25) is 0 Å². The molecule has 1 fully saturated rings. The Kier molecular flexibility index (Phi) is 4.29. The number of aromatic hydroxyl groups is 1. The molecule has 1 aromatic heterocycles. The quantitative estimate of drug-likeness (QED) is 0.900. The van der Waals surface area contributed by atoms with Crippen molar-refractivity contribution >= 4 is 5.91 Å². The normalized spacial score (nSPS) is 18.2. The highest BCUT2D eigenvalue weighted by molar-refractivity contribution is 5.94. The topological polar surface area (TPSA) is 78.6 Å². The maximum atomic E-state index is 13.0. The first-order valence-electron chi connectivity index (χ1n) is 7.53. The van der Waals surface area contributed by atoms with E-state index in [4.69, 9.17) is 0 Å². The summed E-state index contributed by atoms with van der Waals surface area (Å²) in [5, 5.41) is 23.4. The fourth-order valence-electron chi connectivity index (χ4n) is 2.79. The van der Waals surface area contributed by atoms with Crippen LogP contribution in [0.15, 0.2) is 30.5 Å². The Bertz CT molecular complexity index is 699. The molecular formula is C16H18FN3O3. The molecule has 1 saturated heterocycles. The molecule has 0 radical (unpaired) electrons. The Morgan fingerprint density at radius 2 is 2.09 bits per heavy atom. The summed E-state index contributed by atoms with van der Waals surface area (Å²) in [5.74, 6) is -0.884. The van der Waals surface area contributed by atoms with Gasteiger partial charge in [0.05, 0.1) is 11.9 Å². The molecule has 1 aromatic carbocycles. The third kappa shape index (κ3) is 3.19. The number of hydrogen-bond donors (Lipinski definition) is 2. The van der Waals surface area contributed by atoms with Gasteiger partial charge in [-0.25, -0.2) is 9.07 Å². The van der Waals surface area contributed by atoms with Gasteiger partial charge in [0.1, 0.15) is 5.82 Å². The summed E-state index contributed by atoms with van der Waals surface area (Å²) in [4.78, 5) is 14.1. The van der Waals surface area contributed by atoms with Crippen molar-refractivity contribution in [2.75, 3.05) is 19.7 Å². The molecule has 122 valence electrons. The Hall–Kier alpha value is -2.41. The molecule has 1 amide bonds. The number of nitrogens with zero attached hydrogens (tertiary/aromatic N) is 3. The number of rotatable bonds is 3. The molecule has 2 N–H and O–H groups in total. The highest BCUT2D eigenvalue weighted by Gasteiger charge is 2.27. The fourth-order valence-corrected chi connectivity index (χ4v) is 2.79. The van der Waals surface area contributed by atoms with Crippen LogP contribution < -0.4 is 0 Å². The number of piperidine rings is 1. The van der Waals surface area contributed by atoms with E-state index in [1.165, 1.54) is 35.1 Å². The summed E-state index contributed by atoms with van der Waals surface area (Å²) in [6.45, 7) is 1.08. The lowest BCUT2D eigenvalue weighted by molar-refractivity contribution is 0.0612. The van der Waals surface area contributed by atoms with Gasteiger partial charge in [-0.3, -0.25) is 4.79 Å². The Labute approximate surface area is 132 Å². The SMILES string of the molecule is O=C(c1nn(-c2ccc(F)cc2)cc1O)N1CCCC(CO)C1. The number of halogens is 1. The second-order valence-electron chi connectivity index (χ2n) is 5.73. The zero-order chi connectivity index (χ0) is 16.4. The van der Waals surface area contributed by atoms with Crippen molar-refractivity contribution in [2.24, 2.45) is 5.92 Å². The first kappa shape index (κ1) is 15.5. The van der Waals surface area contributed by atoms with Crippen molar-refractivity contribution in [3.63, 3.8) is 0 Å². The van der Waals surface area contributed by atoms with Gasteiger partial charge in [-0.2, -0.15) is 5.10 Å². The maximum absolute atomic E-state index is 13.0. The molecule has 0 bridgehead atoms. The summed E-state index contributed by atoms with van der Waals surface area (Å²) < 4.78 is 14.3. The first-order valence-corrected chi connectivity index (χ1v) is 7.53. The molecule has 0 spiro atoms. The molecule has 6 nitrogen and oxygen atoms in total. The summed E-state index contributed by atoms with van der Waals surface area (Å²) in [6, 6.07) is 5.59. The largest absolute Gasteiger partial charge is 0.504 e. The minimum Gasteiger partial charge on any atom is -0.504 e. The summed E-state index contributed by atoms with van der Waals surface area (Å²) in [5.41, 5.74) is 0.514. The molecule has 1 aliphatic heterocycles. The molecule has 3 rings (SSSR count). The fraction of sp³-hybridized carbons (Fsp3) is 0.375. The predicted octanol–water partition coefficient (Wildman–Crippen LogP) is 1.56. The monoisotopic (exact) mass is 319 g/mol. The minimum atomic E-state index is -0.371. The number of likely N-dealkylation sites (tertiary alicyclic amines) is 1. The van der Waals surface area contributed by atoms with Crippen LogP contribution in [0, 0.1) is 11.7 Å². The molecule has 0 saturated carbocycles. The molecule has 2 heterocycles. The number of carbonyl (C=O) groups is 1. The van der Waals surface area contributed by atoms with E-state index in [0.29, 0.717) is 18.8 Å². The molecule has 1 aliphatic rings. The van der Waals surface area contributed by atoms with Gasteiger partial charge in [-0.15, -0.1) is 0 Å². The molecule has 0 aliphatic carbocycles. The van der Waals surface area contributed by atoms with Crippen LogP contribution in [-0.2, 0) is 0 Å². The van der Waals surface area contributed by atoms with Gasteiger partial charge in [-0.1, -0.05) is 0 Å². The molecular weight excluding hydrogens is 301 g/mol. The van der Waals surface area contributed by atoms with Crippen LogP contribution in [0.4, 0.5) is 4.39 Å². The van der Waals surface area contributed by atoms with Crippen LogP contribution in [-0.4, -0.2) is 50.5 Å². The van der Waals surface area contributed by atoms with Gasteiger partial charge < -0.3 is 15.1 Å². The van der Waals surface area contributed by atoms with Crippen LogP contribution in [0.25, 0.3) is 5.69 Å². The van der Waals surface area contributed by atoms with Crippen molar-refractivity contribution < 1.29 is 19.4 Å². The number of aromatic nitrogens is 2. The van der Waals surface area contributed by atoms with Crippen LogP contribution >= 0.6 is 0 Å². The van der Waals surface area contributed by atoms with E-state index in [2.05, 4.69) is 5.10 Å². The standard InChI is InChI=1S/C16H18FN3O3/c17-12-3-5-13(6-4-12)20-9-14(22)15(18-20)16(23)19-7-1-2-11(8-19)10-21/h3-6,9,11,21-22H,1-2,7-8,10H2. The van der Waals surface area contributed by atoms with E-state index in [9.17, 15) is 19.4 Å². The maximum Gasteiger partial charge on any atom is 0.278 e. The van der Waals surface area contributed by atoms with Crippen molar-refractivity contribution in [2.45, 2.75) is 12.8 Å². The highest BCUT2D eigenvalue weighted by Crippen LogP contribution is 2.23. The van der Waals surface area contributed by atoms with Crippen molar-refractivity contribution in [3.8, 4) is 11.4 Å². The molecule has 1 unspecified atom stereocenters. The lowest BCUT2D eigenvalue weighted by Gasteiger charge is -2.31. The van der Waals surface area contributed by atoms with Crippen LogP contribution in [0.1, 0.15) is 23.3 Å². The average molecular weight is 319 g/mol. The van der Waals surface area contributed by atoms with E-state index >= 15 is 0 Å². The first-order chi connectivity index (χ1) is 11.1. The molecule has 7 heteroatoms. The van der Waals surface area contributed by atoms with Crippen LogP contribution in [0.3, 0.4) is 0 Å². The Morgan fingerprint density at radius 1 is 1.35 bits per heavy atom. The summed E-state index contributed by atoms with van der Waals surface area (Å²) in [7, 11) is 0. The van der Waals surface area contributed by atoms with Crippen molar-refractivity contribution in [1.29, 1.82) is 0 Å². The van der Waals surface area contributed by atoms with Gasteiger partial charge in [0.15, 0.2) is 11.4 Å². The number of carbonyl (C=O) groups excluding carboxylic acids is 1. The Morgan fingerprint density at radius 3 is 2.78 bits per heavy atom. The second kappa shape index (κ2) is 6.37. The number of aliphatic hydroxyl groups excluding tert-OH is 1. The van der Waals surface area contributed by atoms with Crippen molar-refractivity contribution in [3.05, 3.63) is 42.0 Å². The van der Waals surface area contributed by atoms with E-state index < -0.39 is 0 Å². The van der Waals surface area contributed by atoms with E-state index in [-0.39, 0.29) is 35.7 Å². The van der Waals surface area contributed by atoms with Gasteiger partial charge in [-0.05, 0) is 43.0 Å². The van der Waals surface area contributed by atoms with Crippen LogP contribution in [0.5, 0.6) is 5.75 Å². The minimum absolute atomic E-state index is 0.0343. The molecule has 23 heavy (non-hydrogen) atoms. The van der Waals surface area contributed by atoms with E-state index in [0.717, 1.165) is 12.8 Å². The van der Waals surface area contributed by atoms with Gasteiger partial charge >= 0.3 is 0 Å². The zero-order valence-electron chi connectivity index (χ0n) is 12.5. The van der Waals surface area contributed by atoms with Crippen LogP contribution in [0.2, 0.25) is 0 Å². The summed E-state index contributed by atoms with van der Waals surface area (Å²) in [6.07, 6.45) is 3.03. The number of aliphatic hydroxyl groups is 1. The number of amides is 1. The summed E-state index contributed by atoms with van der Waals surface area (Å²) >= 11 is 0. The van der Waals surface area contributed by atoms with Crippen molar-refractivity contribution in [1.82, 2.24) is 14.7 Å². The lowest BCUT2D eigenvalue weighted by Crippen LogP contribution is -2.41. The smallest absolute Gasteiger partial charge is 0.278 e. The number of hydrogen-bond acceptors (Lipinski definition) is 4. The lowest BCUT2D eigenvalue weighted by atomic mass is 9.99. The second-order valence-corrected chi connectivity index (χ2v) is 5.73. The zero-order valence-corrected chi connectivity index (χ0v) is 12.5. The van der Waals surface area contributed by atoms with Gasteiger partial charge in [0.25, 0.3) is 5.91 Å². The average Bonchev–Trinajstić information content (AvgIpc) is 2.96. The van der Waals surface area contributed by atoms with Gasteiger partial charge in [0, 0.05) is 19.7 Å². The Balaban J connectivity index is 1.83. The van der Waals surface area contributed by atoms with E-state index in [1.54, 1.807) is 4.90 Å². The molecule has 2 aromatic rings. The number of benzene rings is 1. The third-order valence-corrected chi connectivity index (χ3v) is 4.05. The van der Waals surface area contributed by atoms with E-state index in [1.807, 2.05) is 0 Å². The highest BCUT2D eigenvalue weighted by atomic mass is 19.1.